The quantitative estimate of drug-likeness (QED) is 0.625. The second kappa shape index (κ2) is 7.55. The summed E-state index contributed by atoms with van der Waals surface area (Å²) in [6, 6.07) is 8.47. The Morgan fingerprint density at radius 3 is 2.84 bits per heavy atom. The number of amides is 1. The maximum Gasteiger partial charge on any atom is 0.276 e. The minimum atomic E-state index is -0.0823. The third-order valence-electron chi connectivity index (χ3n) is 7.33. The van der Waals surface area contributed by atoms with Crippen molar-refractivity contribution in [2.75, 3.05) is 26.3 Å². The van der Waals surface area contributed by atoms with Crippen LogP contribution in [0, 0.1) is 12.3 Å². The second-order valence-electron chi connectivity index (χ2n) is 9.44. The molecule has 1 amide bonds. The third-order valence-corrected chi connectivity index (χ3v) is 7.33. The van der Waals surface area contributed by atoms with E-state index in [0.29, 0.717) is 43.8 Å². The Morgan fingerprint density at radius 2 is 2.06 bits per heavy atom. The van der Waals surface area contributed by atoms with Crippen LogP contribution in [0.15, 0.2) is 41.4 Å². The van der Waals surface area contributed by atoms with Crippen molar-refractivity contribution in [3.8, 4) is 11.3 Å². The molecule has 1 saturated carbocycles. The zero-order valence-electron chi connectivity index (χ0n) is 18.2. The maximum absolute atomic E-state index is 13.7. The summed E-state index contributed by atoms with van der Waals surface area (Å²) in [5.74, 6) is 1.61. The Labute approximate surface area is 186 Å². The van der Waals surface area contributed by atoms with E-state index in [4.69, 9.17) is 9.15 Å². The van der Waals surface area contributed by atoms with Gasteiger partial charge < -0.3 is 18.6 Å². The minimum absolute atomic E-state index is 0.0409. The molecule has 8 nitrogen and oxygen atoms in total. The Kier molecular flexibility index (Phi) is 4.64. The van der Waals surface area contributed by atoms with Crippen LogP contribution in [0.5, 0.6) is 0 Å². The van der Waals surface area contributed by atoms with Crippen molar-refractivity contribution in [1.82, 2.24) is 24.6 Å². The van der Waals surface area contributed by atoms with E-state index in [-0.39, 0.29) is 17.2 Å². The maximum atomic E-state index is 13.7. The van der Waals surface area contributed by atoms with Crippen LogP contribution < -0.4 is 0 Å². The van der Waals surface area contributed by atoms with E-state index in [0.717, 1.165) is 29.8 Å². The van der Waals surface area contributed by atoms with Crippen LogP contribution in [0.1, 0.15) is 59.5 Å². The van der Waals surface area contributed by atoms with E-state index in [1.165, 1.54) is 19.2 Å². The number of oxazole rings is 1. The summed E-state index contributed by atoms with van der Waals surface area (Å²) in [6.07, 6.45) is 7.42. The number of hydrogen-bond acceptors (Lipinski definition) is 6. The zero-order chi connectivity index (χ0) is 21.7. The highest BCUT2D eigenvalue weighted by molar-refractivity contribution is 5.98. The van der Waals surface area contributed by atoms with E-state index >= 15 is 0 Å². The SMILES string of the molecule is Cc1cccc(-c2ocnc2C(=O)N2CC(c3nncn3C3CC3)C3(CCOCC3)C2)c1. The molecule has 0 bridgehead atoms. The number of carbonyl (C=O) groups is 1. The number of rotatable bonds is 4. The monoisotopic (exact) mass is 433 g/mol. The first kappa shape index (κ1) is 19.7. The van der Waals surface area contributed by atoms with Crippen molar-refractivity contribution in [3.63, 3.8) is 0 Å². The first-order chi connectivity index (χ1) is 15.6. The number of aromatic nitrogens is 4. The average molecular weight is 434 g/mol. The van der Waals surface area contributed by atoms with Gasteiger partial charge in [-0.15, -0.1) is 10.2 Å². The normalized spacial score (nSPS) is 22.5. The second-order valence-corrected chi connectivity index (χ2v) is 9.44. The van der Waals surface area contributed by atoms with Crippen molar-refractivity contribution in [2.45, 2.75) is 44.6 Å². The van der Waals surface area contributed by atoms with E-state index in [1.54, 1.807) is 0 Å². The van der Waals surface area contributed by atoms with Crippen LogP contribution >= 0.6 is 0 Å². The van der Waals surface area contributed by atoms with Gasteiger partial charge >= 0.3 is 0 Å². The van der Waals surface area contributed by atoms with Crippen molar-refractivity contribution in [2.24, 2.45) is 5.41 Å². The average Bonchev–Trinajstić information content (AvgIpc) is 3.21. The number of hydrogen-bond donors (Lipinski definition) is 0. The van der Waals surface area contributed by atoms with Crippen molar-refractivity contribution >= 4 is 5.91 Å². The van der Waals surface area contributed by atoms with Gasteiger partial charge in [0.1, 0.15) is 12.2 Å². The first-order valence-corrected chi connectivity index (χ1v) is 11.4. The van der Waals surface area contributed by atoms with Gasteiger partial charge in [-0.25, -0.2) is 4.98 Å². The Hall–Kier alpha value is -3.00. The predicted molar refractivity (Wildman–Crippen MR) is 116 cm³/mol. The van der Waals surface area contributed by atoms with Gasteiger partial charge in [-0.05, 0) is 38.7 Å². The van der Waals surface area contributed by atoms with Crippen LogP contribution in [0.25, 0.3) is 11.3 Å². The molecular weight excluding hydrogens is 406 g/mol. The first-order valence-electron chi connectivity index (χ1n) is 11.4. The molecule has 2 aromatic heterocycles. The van der Waals surface area contributed by atoms with Gasteiger partial charge in [-0.1, -0.05) is 23.8 Å². The molecule has 1 unspecified atom stereocenters. The van der Waals surface area contributed by atoms with Crippen molar-refractivity contribution < 1.29 is 13.9 Å². The molecule has 3 fully saturated rings. The fourth-order valence-corrected chi connectivity index (χ4v) is 5.44. The summed E-state index contributed by atoms with van der Waals surface area (Å²) in [5.41, 5.74) is 2.32. The fourth-order valence-electron chi connectivity index (χ4n) is 5.44. The molecule has 0 radical (unpaired) electrons. The standard InChI is InChI=1S/C24H27N5O3/c1-16-3-2-4-17(11-16)21-20(25-15-32-21)23(30)28-12-19(24(13-28)7-9-31-10-8-24)22-27-26-14-29(22)18-5-6-18/h2-4,11,14-15,18-19H,5-10,12-13H2,1H3. The number of ether oxygens (including phenoxy) is 1. The largest absolute Gasteiger partial charge is 0.443 e. The molecule has 166 valence electrons. The molecule has 1 atom stereocenters. The Bertz CT molecular complexity index is 1140. The minimum Gasteiger partial charge on any atom is -0.443 e. The van der Waals surface area contributed by atoms with Crippen LogP contribution in [-0.2, 0) is 4.74 Å². The summed E-state index contributed by atoms with van der Waals surface area (Å²) in [6.45, 7) is 4.75. The van der Waals surface area contributed by atoms with Gasteiger partial charge in [0.25, 0.3) is 5.91 Å². The number of likely N-dealkylation sites (tertiary alicyclic amines) is 1. The lowest BCUT2D eigenvalue weighted by Gasteiger charge is -2.37. The number of carbonyl (C=O) groups excluding carboxylic acids is 1. The van der Waals surface area contributed by atoms with Crippen LogP contribution in [-0.4, -0.2) is 56.9 Å². The molecule has 8 heteroatoms. The fraction of sp³-hybridized carbons (Fsp3) is 0.500. The van der Waals surface area contributed by atoms with E-state index in [2.05, 4.69) is 19.7 Å². The van der Waals surface area contributed by atoms with E-state index in [9.17, 15) is 4.79 Å². The van der Waals surface area contributed by atoms with Gasteiger partial charge in [0.05, 0.1) is 0 Å². The van der Waals surface area contributed by atoms with Gasteiger partial charge in [0, 0.05) is 49.2 Å². The molecule has 32 heavy (non-hydrogen) atoms. The smallest absolute Gasteiger partial charge is 0.276 e. The van der Waals surface area contributed by atoms with Crippen LogP contribution in [0.2, 0.25) is 0 Å². The Balaban J connectivity index is 1.33. The summed E-state index contributed by atoms with van der Waals surface area (Å²) in [4.78, 5) is 20.0. The lowest BCUT2D eigenvalue weighted by molar-refractivity contribution is 0.0107. The molecule has 3 aromatic rings. The lowest BCUT2D eigenvalue weighted by Crippen LogP contribution is -2.38. The van der Waals surface area contributed by atoms with Gasteiger partial charge in [-0.2, -0.15) is 0 Å². The third kappa shape index (κ3) is 3.24. The highest BCUT2D eigenvalue weighted by atomic mass is 16.5. The predicted octanol–water partition coefficient (Wildman–Crippen LogP) is 3.61. The molecule has 1 aromatic carbocycles. The zero-order valence-corrected chi connectivity index (χ0v) is 18.2. The van der Waals surface area contributed by atoms with Crippen molar-refractivity contribution in [3.05, 3.63) is 54.1 Å². The molecule has 6 rings (SSSR count). The molecule has 1 spiro atoms. The molecule has 2 saturated heterocycles. The Morgan fingerprint density at radius 1 is 1.22 bits per heavy atom. The lowest BCUT2D eigenvalue weighted by atomic mass is 9.71. The summed E-state index contributed by atoms with van der Waals surface area (Å²) < 4.78 is 13.6. The molecule has 2 aliphatic heterocycles. The topological polar surface area (TPSA) is 86.3 Å². The summed E-state index contributed by atoms with van der Waals surface area (Å²) in [7, 11) is 0. The van der Waals surface area contributed by atoms with Gasteiger partial charge in [-0.3, -0.25) is 4.79 Å². The molecular formula is C24H27N5O3. The molecule has 0 N–H and O–H groups in total. The number of benzene rings is 1. The van der Waals surface area contributed by atoms with Crippen LogP contribution in [0.4, 0.5) is 0 Å². The number of aryl methyl sites for hydroxylation is 1. The molecule has 3 aliphatic rings. The highest BCUT2D eigenvalue weighted by Gasteiger charge is 2.52. The van der Waals surface area contributed by atoms with Crippen LogP contribution in [0.3, 0.4) is 0 Å². The van der Waals surface area contributed by atoms with E-state index in [1.807, 2.05) is 42.4 Å². The van der Waals surface area contributed by atoms with Crippen molar-refractivity contribution in [1.29, 1.82) is 0 Å². The summed E-state index contributed by atoms with van der Waals surface area (Å²) in [5, 5.41) is 8.78. The van der Waals surface area contributed by atoms with Gasteiger partial charge in [0.15, 0.2) is 17.8 Å². The molecule has 4 heterocycles. The highest BCUT2D eigenvalue weighted by Crippen LogP contribution is 2.50. The number of nitrogens with zero attached hydrogens (tertiary/aromatic N) is 5. The van der Waals surface area contributed by atoms with E-state index < -0.39 is 0 Å². The van der Waals surface area contributed by atoms with Gasteiger partial charge in [0.2, 0.25) is 0 Å². The summed E-state index contributed by atoms with van der Waals surface area (Å²) >= 11 is 0. The molecule has 1 aliphatic carbocycles.